The van der Waals surface area contributed by atoms with Crippen LogP contribution in [0.4, 0.5) is 5.69 Å². The molecule has 7 heteroatoms. The molecule has 0 amide bonds. The minimum Gasteiger partial charge on any atom is -0.618 e. The van der Waals surface area contributed by atoms with Crippen molar-refractivity contribution in [1.29, 1.82) is 5.26 Å². The smallest absolute Gasteiger partial charge is 0.251 e. The Morgan fingerprint density at radius 3 is 2.79 bits per heavy atom. The molecular formula is C17H13N3O2S2. The van der Waals surface area contributed by atoms with Crippen LogP contribution in [0.3, 0.4) is 0 Å². The Labute approximate surface area is 148 Å². The number of hydrogen-bond acceptors (Lipinski definition) is 6. The summed E-state index contributed by atoms with van der Waals surface area (Å²) in [6.07, 6.45) is 1.38. The van der Waals surface area contributed by atoms with Gasteiger partial charge in [0.05, 0.1) is 11.4 Å². The van der Waals surface area contributed by atoms with Crippen LogP contribution in [0.25, 0.3) is 0 Å². The Morgan fingerprint density at radius 1 is 1.33 bits per heavy atom. The van der Waals surface area contributed by atoms with Crippen molar-refractivity contribution in [2.24, 2.45) is 0 Å². The summed E-state index contributed by atoms with van der Waals surface area (Å²) in [5, 5.41) is 22.1. The molecule has 0 atom stereocenters. The number of para-hydroxylation sites is 1. The number of thioether (sulfide) groups is 2. The summed E-state index contributed by atoms with van der Waals surface area (Å²) >= 11 is 2.55. The number of nitrogens with zero attached hydrogens (tertiary/aromatic N) is 3. The molecule has 0 unspecified atom stereocenters. The lowest BCUT2D eigenvalue weighted by molar-refractivity contribution is -0.645. The largest absolute Gasteiger partial charge is 0.618 e. The van der Waals surface area contributed by atoms with E-state index < -0.39 is 0 Å². The molecule has 2 aromatic rings. The number of hydrogen-bond donors (Lipinski definition) is 0. The van der Waals surface area contributed by atoms with Crippen molar-refractivity contribution in [3.05, 3.63) is 64.5 Å². The fraction of sp³-hybridized carbons (Fsp3) is 0.118. The molecule has 0 saturated heterocycles. The van der Waals surface area contributed by atoms with Gasteiger partial charge >= 0.3 is 0 Å². The van der Waals surface area contributed by atoms with E-state index >= 15 is 0 Å². The van der Waals surface area contributed by atoms with Gasteiger partial charge in [0.1, 0.15) is 16.7 Å². The summed E-state index contributed by atoms with van der Waals surface area (Å²) in [5.74, 6) is -0.239. The average molecular weight is 355 g/mol. The van der Waals surface area contributed by atoms with Gasteiger partial charge in [0.25, 0.3) is 5.03 Å². The quantitative estimate of drug-likeness (QED) is 0.276. The molecule has 0 spiro atoms. The highest BCUT2D eigenvalue weighted by Gasteiger charge is 2.28. The lowest BCUT2D eigenvalue weighted by Crippen LogP contribution is -2.28. The molecule has 1 aromatic heterocycles. The first-order valence-electron chi connectivity index (χ1n) is 7.11. The summed E-state index contributed by atoms with van der Waals surface area (Å²) in [6, 6.07) is 14.8. The van der Waals surface area contributed by atoms with Crippen LogP contribution >= 0.6 is 23.5 Å². The van der Waals surface area contributed by atoms with Crippen LogP contribution in [0, 0.1) is 16.5 Å². The fourth-order valence-electron chi connectivity index (χ4n) is 2.29. The van der Waals surface area contributed by atoms with Crippen molar-refractivity contribution in [2.45, 2.75) is 9.92 Å². The molecule has 5 nitrogen and oxygen atoms in total. The van der Waals surface area contributed by atoms with Crippen LogP contribution in [-0.2, 0) is 4.79 Å². The number of anilines is 1. The van der Waals surface area contributed by atoms with Crippen LogP contribution in [-0.4, -0.2) is 18.6 Å². The monoisotopic (exact) mass is 355 g/mol. The van der Waals surface area contributed by atoms with E-state index in [0.717, 1.165) is 22.3 Å². The van der Waals surface area contributed by atoms with Gasteiger partial charge in [-0.25, -0.2) is 0 Å². The maximum Gasteiger partial charge on any atom is 0.251 e. The van der Waals surface area contributed by atoms with Crippen LogP contribution < -0.4 is 9.63 Å². The molecule has 0 bridgehead atoms. The number of carbonyl (C=O) groups is 1. The van der Waals surface area contributed by atoms with Crippen LogP contribution in [0.15, 0.2) is 69.2 Å². The van der Waals surface area contributed by atoms with Crippen LogP contribution in [0.1, 0.15) is 0 Å². The first-order chi connectivity index (χ1) is 11.6. The fourth-order valence-corrected chi connectivity index (χ4v) is 4.23. The van der Waals surface area contributed by atoms with Gasteiger partial charge in [-0.05, 0) is 30.0 Å². The number of carbonyl (C=O) groups excluding carboxylic acids is 1. The second kappa shape index (κ2) is 6.99. The number of nitriles is 1. The van der Waals surface area contributed by atoms with Crippen molar-refractivity contribution < 1.29 is 9.52 Å². The minimum atomic E-state index is -0.284. The molecule has 2 heterocycles. The van der Waals surface area contributed by atoms with Gasteiger partial charge in [0.15, 0.2) is 12.0 Å². The number of benzene rings is 1. The Kier molecular flexibility index (Phi) is 4.79. The van der Waals surface area contributed by atoms with Crippen molar-refractivity contribution in [2.75, 3.05) is 17.7 Å². The summed E-state index contributed by atoms with van der Waals surface area (Å²) in [4.78, 5) is 15.4. The zero-order chi connectivity index (χ0) is 17.1. The normalized spacial score (nSPS) is 14.9. The van der Waals surface area contributed by atoms with Gasteiger partial charge in [-0.2, -0.15) is 9.99 Å². The van der Waals surface area contributed by atoms with Crippen LogP contribution in [0.2, 0.25) is 0 Å². The second-order valence-corrected chi connectivity index (χ2v) is 7.02. The van der Waals surface area contributed by atoms with Crippen molar-refractivity contribution in [3.63, 3.8) is 0 Å². The third kappa shape index (κ3) is 3.11. The molecule has 0 radical (unpaired) electrons. The van der Waals surface area contributed by atoms with E-state index in [1.807, 2.05) is 42.3 Å². The molecule has 0 saturated carbocycles. The zero-order valence-electron chi connectivity index (χ0n) is 12.8. The van der Waals surface area contributed by atoms with E-state index in [4.69, 9.17) is 0 Å². The number of aromatic nitrogens is 1. The van der Waals surface area contributed by atoms with Gasteiger partial charge in [0, 0.05) is 24.1 Å². The molecule has 0 N–H and O–H groups in total. The number of fused-ring (bicyclic) bond motifs is 1. The Balaban J connectivity index is 1.81. The van der Waals surface area contributed by atoms with Gasteiger partial charge < -0.3 is 10.1 Å². The number of rotatable bonds is 4. The van der Waals surface area contributed by atoms with Crippen molar-refractivity contribution in [1.82, 2.24) is 0 Å². The number of ketones is 1. The highest BCUT2D eigenvalue weighted by molar-refractivity contribution is 8.03. The predicted octanol–water partition coefficient (Wildman–Crippen LogP) is 2.96. The number of allylic oxidation sites excluding steroid dienone is 1. The number of Topliss-reactive ketones (excluding diaryl/α,β-unsaturated/α-hetero) is 1. The molecule has 1 aliphatic heterocycles. The Hall–Kier alpha value is -2.43. The van der Waals surface area contributed by atoms with Gasteiger partial charge in [0.2, 0.25) is 0 Å². The third-order valence-corrected chi connectivity index (χ3v) is 5.74. The molecule has 24 heavy (non-hydrogen) atoms. The predicted molar refractivity (Wildman–Crippen MR) is 94.5 cm³/mol. The summed E-state index contributed by atoms with van der Waals surface area (Å²) in [7, 11) is 1.84. The average Bonchev–Trinajstić information content (AvgIpc) is 2.92. The molecule has 0 fully saturated rings. The van der Waals surface area contributed by atoms with E-state index in [-0.39, 0.29) is 17.1 Å². The molecule has 1 aromatic carbocycles. The molecule has 120 valence electrons. The maximum absolute atomic E-state index is 12.5. The standard InChI is InChI=1S/C17H13N3O2S2/c1-19-13-6-2-3-7-15(13)24-17(19)12(10-18)14(21)11-23-16-8-4-5-9-20(16)22/h2-9H,11H2,1H3/b17-12-. The topological polar surface area (TPSA) is 71.0 Å². The summed E-state index contributed by atoms with van der Waals surface area (Å²) < 4.78 is 0.712. The van der Waals surface area contributed by atoms with Crippen LogP contribution in [0.5, 0.6) is 0 Å². The zero-order valence-corrected chi connectivity index (χ0v) is 14.4. The maximum atomic E-state index is 12.5. The molecule has 1 aliphatic rings. The second-order valence-electron chi connectivity index (χ2n) is 5.00. The first-order valence-corrected chi connectivity index (χ1v) is 8.91. The van der Waals surface area contributed by atoms with E-state index in [9.17, 15) is 15.3 Å². The molecule has 0 aliphatic carbocycles. The number of pyridine rings is 1. The van der Waals surface area contributed by atoms with Crippen molar-refractivity contribution in [3.8, 4) is 6.07 Å². The van der Waals surface area contributed by atoms with Gasteiger partial charge in [-0.1, -0.05) is 23.9 Å². The van der Waals surface area contributed by atoms with E-state index in [0.29, 0.717) is 14.8 Å². The highest BCUT2D eigenvalue weighted by atomic mass is 32.2. The van der Waals surface area contributed by atoms with Crippen molar-refractivity contribution >= 4 is 35.0 Å². The lowest BCUT2D eigenvalue weighted by Gasteiger charge is -2.14. The lowest BCUT2D eigenvalue weighted by atomic mass is 10.2. The van der Waals surface area contributed by atoms with Gasteiger partial charge in [-0.15, -0.1) is 0 Å². The Morgan fingerprint density at radius 2 is 2.08 bits per heavy atom. The minimum absolute atomic E-state index is 0.0450. The SMILES string of the molecule is CN1/C(=C(\C#N)C(=O)CSc2cccc[n+]2[O-])Sc2ccccc21. The van der Waals surface area contributed by atoms with E-state index in [2.05, 4.69) is 0 Å². The van der Waals surface area contributed by atoms with E-state index in [1.165, 1.54) is 18.0 Å². The molecule has 3 rings (SSSR count). The summed E-state index contributed by atoms with van der Waals surface area (Å²) in [5.41, 5.74) is 1.10. The highest BCUT2D eigenvalue weighted by Crippen LogP contribution is 2.46. The third-order valence-electron chi connectivity index (χ3n) is 3.48. The summed E-state index contributed by atoms with van der Waals surface area (Å²) in [6.45, 7) is 0. The van der Waals surface area contributed by atoms with E-state index in [1.54, 1.807) is 18.2 Å². The van der Waals surface area contributed by atoms with Gasteiger partial charge in [-0.3, -0.25) is 4.79 Å². The first kappa shape index (κ1) is 16.4. The molecular weight excluding hydrogens is 342 g/mol. The Bertz CT molecular complexity index is 874.